The third kappa shape index (κ3) is 3.19. The Morgan fingerprint density at radius 2 is 2.29 bits per heavy atom. The molecule has 2 N–H and O–H groups in total. The van der Waals surface area contributed by atoms with Crippen LogP contribution in [0.2, 0.25) is 0 Å². The van der Waals surface area contributed by atoms with Gasteiger partial charge in [0.1, 0.15) is 5.82 Å². The number of amides is 1. The van der Waals surface area contributed by atoms with Gasteiger partial charge in [0.15, 0.2) is 0 Å². The molecule has 2 rings (SSSR count). The minimum atomic E-state index is 0.235. The third-order valence-electron chi connectivity index (χ3n) is 3.28. The zero-order valence-corrected chi connectivity index (χ0v) is 10.2. The van der Waals surface area contributed by atoms with Crippen LogP contribution in [0.25, 0.3) is 0 Å². The summed E-state index contributed by atoms with van der Waals surface area (Å²) in [6, 6.07) is 5.55. The molecule has 0 saturated carbocycles. The quantitative estimate of drug-likeness (QED) is 0.847. The first-order chi connectivity index (χ1) is 8.15. The van der Waals surface area contributed by atoms with Gasteiger partial charge in [0.2, 0.25) is 5.91 Å². The van der Waals surface area contributed by atoms with Crippen LogP contribution in [0.1, 0.15) is 31.9 Å². The summed E-state index contributed by atoms with van der Waals surface area (Å²) in [4.78, 5) is 18.0. The van der Waals surface area contributed by atoms with E-state index in [9.17, 15) is 4.79 Å². The first-order valence-electron chi connectivity index (χ1n) is 6.14. The molecule has 1 aliphatic heterocycles. The monoisotopic (exact) mass is 233 g/mol. The Kier molecular flexibility index (Phi) is 3.61. The van der Waals surface area contributed by atoms with Crippen LogP contribution in [0.5, 0.6) is 0 Å². The summed E-state index contributed by atoms with van der Waals surface area (Å²) in [5.74, 6) is 1.38. The molecule has 1 aromatic heterocycles. The molecule has 1 amide bonds. The van der Waals surface area contributed by atoms with E-state index in [0.717, 1.165) is 25.1 Å². The molecular weight excluding hydrogens is 214 g/mol. The van der Waals surface area contributed by atoms with Crippen LogP contribution in [-0.4, -0.2) is 22.3 Å². The molecule has 1 saturated heterocycles. The van der Waals surface area contributed by atoms with Gasteiger partial charge in [0.05, 0.1) is 12.2 Å². The highest BCUT2D eigenvalue weighted by Crippen LogP contribution is 2.18. The minimum Gasteiger partial charge on any atom is -0.384 e. The molecule has 0 aliphatic carbocycles. The molecule has 92 valence electrons. The maximum Gasteiger partial charge on any atom is 0.222 e. The van der Waals surface area contributed by atoms with Crippen molar-refractivity contribution in [2.45, 2.75) is 32.7 Å². The largest absolute Gasteiger partial charge is 0.384 e. The van der Waals surface area contributed by atoms with Gasteiger partial charge >= 0.3 is 0 Å². The number of likely N-dealkylation sites (tertiary alicyclic amines) is 1. The number of nitrogens with zero attached hydrogens (tertiary/aromatic N) is 2. The predicted molar refractivity (Wildman–Crippen MR) is 67.1 cm³/mol. The van der Waals surface area contributed by atoms with Crippen LogP contribution in [0.3, 0.4) is 0 Å². The first kappa shape index (κ1) is 11.9. The number of anilines is 1. The fourth-order valence-corrected chi connectivity index (χ4v) is 2.12. The normalized spacial score (nSPS) is 21.4. The molecule has 2 heterocycles. The van der Waals surface area contributed by atoms with Gasteiger partial charge in [-0.15, -0.1) is 0 Å². The van der Waals surface area contributed by atoms with Crippen LogP contribution in [0.4, 0.5) is 5.82 Å². The number of hydrogen-bond donors (Lipinski definition) is 1. The summed E-state index contributed by atoms with van der Waals surface area (Å²) >= 11 is 0. The number of carbonyl (C=O) groups is 1. The van der Waals surface area contributed by atoms with Crippen LogP contribution in [-0.2, 0) is 11.3 Å². The number of aromatic nitrogens is 1. The Balaban J connectivity index is 2.04. The molecule has 1 unspecified atom stereocenters. The standard InChI is InChI=1S/C13H19N3O/c1-10-5-6-13(17)16(8-7-10)9-11-3-2-4-12(14)15-11/h2-4,10H,5-9H2,1H3,(H2,14,15). The maximum absolute atomic E-state index is 11.9. The lowest BCUT2D eigenvalue weighted by molar-refractivity contribution is -0.131. The molecule has 1 aliphatic rings. The second-order valence-electron chi connectivity index (χ2n) is 4.80. The van der Waals surface area contributed by atoms with Crippen LogP contribution in [0.15, 0.2) is 18.2 Å². The Labute approximate surface area is 102 Å². The van der Waals surface area contributed by atoms with Crippen molar-refractivity contribution in [3.05, 3.63) is 23.9 Å². The number of rotatable bonds is 2. The van der Waals surface area contributed by atoms with Gasteiger partial charge in [-0.1, -0.05) is 13.0 Å². The Hall–Kier alpha value is -1.58. The van der Waals surface area contributed by atoms with Crippen molar-refractivity contribution in [3.63, 3.8) is 0 Å². The van der Waals surface area contributed by atoms with Crippen molar-refractivity contribution < 1.29 is 4.79 Å². The topological polar surface area (TPSA) is 59.2 Å². The average molecular weight is 233 g/mol. The molecular formula is C13H19N3O. The minimum absolute atomic E-state index is 0.235. The van der Waals surface area contributed by atoms with Gasteiger partial charge in [-0.05, 0) is 30.9 Å². The van der Waals surface area contributed by atoms with Crippen LogP contribution >= 0.6 is 0 Å². The molecule has 1 aromatic rings. The van der Waals surface area contributed by atoms with E-state index in [0.29, 0.717) is 24.7 Å². The van der Waals surface area contributed by atoms with E-state index >= 15 is 0 Å². The van der Waals surface area contributed by atoms with E-state index in [1.54, 1.807) is 6.07 Å². The summed E-state index contributed by atoms with van der Waals surface area (Å²) in [5.41, 5.74) is 6.51. The van der Waals surface area contributed by atoms with E-state index in [1.807, 2.05) is 17.0 Å². The fraction of sp³-hybridized carbons (Fsp3) is 0.538. The Morgan fingerprint density at radius 3 is 3.06 bits per heavy atom. The highest BCUT2D eigenvalue weighted by Gasteiger charge is 2.20. The fourth-order valence-electron chi connectivity index (χ4n) is 2.12. The van der Waals surface area contributed by atoms with Crippen LogP contribution < -0.4 is 5.73 Å². The highest BCUT2D eigenvalue weighted by atomic mass is 16.2. The lowest BCUT2D eigenvalue weighted by Crippen LogP contribution is -2.30. The van der Waals surface area contributed by atoms with Gasteiger partial charge < -0.3 is 10.6 Å². The Bertz CT molecular complexity index is 405. The number of nitrogen functional groups attached to an aromatic ring is 1. The second-order valence-corrected chi connectivity index (χ2v) is 4.80. The summed E-state index contributed by atoms with van der Waals surface area (Å²) in [6.45, 7) is 3.61. The van der Waals surface area contributed by atoms with Gasteiger partial charge in [-0.25, -0.2) is 4.98 Å². The molecule has 0 bridgehead atoms. The van der Waals surface area contributed by atoms with E-state index in [4.69, 9.17) is 5.73 Å². The van der Waals surface area contributed by atoms with Crippen molar-refractivity contribution in [3.8, 4) is 0 Å². The van der Waals surface area contributed by atoms with E-state index < -0.39 is 0 Å². The van der Waals surface area contributed by atoms with Gasteiger partial charge in [-0.3, -0.25) is 4.79 Å². The van der Waals surface area contributed by atoms with Crippen molar-refractivity contribution in [1.82, 2.24) is 9.88 Å². The highest BCUT2D eigenvalue weighted by molar-refractivity contribution is 5.76. The molecule has 4 heteroatoms. The van der Waals surface area contributed by atoms with Gasteiger partial charge in [-0.2, -0.15) is 0 Å². The predicted octanol–water partition coefficient (Wildman–Crippen LogP) is 1.81. The third-order valence-corrected chi connectivity index (χ3v) is 3.28. The van der Waals surface area contributed by atoms with E-state index in [2.05, 4.69) is 11.9 Å². The lowest BCUT2D eigenvalue weighted by Gasteiger charge is -2.20. The van der Waals surface area contributed by atoms with Crippen molar-refractivity contribution in [2.75, 3.05) is 12.3 Å². The first-order valence-corrected chi connectivity index (χ1v) is 6.14. The summed E-state index contributed by atoms with van der Waals surface area (Å²) in [5, 5.41) is 0. The second kappa shape index (κ2) is 5.17. The van der Waals surface area contributed by atoms with Gasteiger partial charge in [0, 0.05) is 13.0 Å². The number of carbonyl (C=O) groups excluding carboxylic acids is 1. The molecule has 17 heavy (non-hydrogen) atoms. The lowest BCUT2D eigenvalue weighted by atomic mass is 10.0. The van der Waals surface area contributed by atoms with Crippen molar-refractivity contribution in [2.24, 2.45) is 5.92 Å². The number of hydrogen-bond acceptors (Lipinski definition) is 3. The Morgan fingerprint density at radius 1 is 1.47 bits per heavy atom. The average Bonchev–Trinajstić information content (AvgIpc) is 2.45. The van der Waals surface area contributed by atoms with E-state index in [1.165, 1.54) is 0 Å². The molecule has 0 aromatic carbocycles. The summed E-state index contributed by atoms with van der Waals surface area (Å²) in [6.07, 6.45) is 2.73. The zero-order valence-electron chi connectivity index (χ0n) is 10.2. The maximum atomic E-state index is 11.9. The SMILES string of the molecule is CC1CCC(=O)N(Cc2cccc(N)n2)CC1. The van der Waals surface area contributed by atoms with Crippen molar-refractivity contribution >= 4 is 11.7 Å². The summed E-state index contributed by atoms with van der Waals surface area (Å²) in [7, 11) is 0. The zero-order chi connectivity index (χ0) is 12.3. The number of pyridine rings is 1. The van der Waals surface area contributed by atoms with Crippen molar-refractivity contribution in [1.29, 1.82) is 0 Å². The summed E-state index contributed by atoms with van der Waals surface area (Å²) < 4.78 is 0. The molecule has 1 atom stereocenters. The van der Waals surface area contributed by atoms with Crippen LogP contribution in [0, 0.1) is 5.92 Å². The molecule has 4 nitrogen and oxygen atoms in total. The molecule has 1 fully saturated rings. The molecule has 0 radical (unpaired) electrons. The smallest absolute Gasteiger partial charge is 0.222 e. The number of nitrogens with two attached hydrogens (primary N) is 1. The molecule has 0 spiro atoms. The van der Waals surface area contributed by atoms with Gasteiger partial charge in [0.25, 0.3) is 0 Å². The van der Waals surface area contributed by atoms with E-state index in [-0.39, 0.29) is 5.91 Å².